The molecule has 0 radical (unpaired) electrons. The van der Waals surface area contributed by atoms with Crippen LogP contribution >= 0.6 is 0 Å². The lowest BCUT2D eigenvalue weighted by Gasteiger charge is -2.49. The van der Waals surface area contributed by atoms with Crippen molar-refractivity contribution in [2.24, 2.45) is 17.1 Å². The Balaban J connectivity index is 2.77. The van der Waals surface area contributed by atoms with Gasteiger partial charge in [0.2, 0.25) is 0 Å². The molecule has 0 amide bonds. The summed E-state index contributed by atoms with van der Waals surface area (Å²) in [4.78, 5) is 0. The first-order chi connectivity index (χ1) is 8.94. The van der Waals surface area contributed by atoms with Crippen LogP contribution in [0.4, 0.5) is 0 Å². The topological polar surface area (TPSA) is 64.7 Å². The highest BCUT2D eigenvalue weighted by atomic mass is 16.7. The van der Waals surface area contributed by atoms with Crippen LogP contribution in [0.1, 0.15) is 52.4 Å². The van der Waals surface area contributed by atoms with E-state index in [4.69, 9.17) is 15.2 Å². The second-order valence-electron chi connectivity index (χ2n) is 6.22. The highest BCUT2D eigenvalue weighted by molar-refractivity contribution is 5.00. The van der Waals surface area contributed by atoms with Crippen LogP contribution in [0.5, 0.6) is 0 Å². The fourth-order valence-electron chi connectivity index (χ4n) is 3.40. The molecular formula is C15H31NO3. The Bertz CT molecular complexity index is 256. The van der Waals surface area contributed by atoms with E-state index in [-0.39, 0.29) is 11.7 Å². The van der Waals surface area contributed by atoms with E-state index in [1.807, 2.05) is 6.92 Å². The van der Waals surface area contributed by atoms with Gasteiger partial charge >= 0.3 is 0 Å². The number of rotatable bonds is 7. The van der Waals surface area contributed by atoms with E-state index < -0.39 is 5.60 Å². The summed E-state index contributed by atoms with van der Waals surface area (Å²) in [6.45, 7) is 4.65. The van der Waals surface area contributed by atoms with E-state index in [1.165, 1.54) is 6.42 Å². The molecule has 0 aliphatic heterocycles. The lowest BCUT2D eigenvalue weighted by Crippen LogP contribution is -2.54. The van der Waals surface area contributed by atoms with E-state index in [2.05, 4.69) is 6.92 Å². The van der Waals surface area contributed by atoms with Crippen molar-refractivity contribution in [1.29, 1.82) is 0 Å². The van der Waals surface area contributed by atoms with Crippen molar-refractivity contribution in [3.63, 3.8) is 0 Å². The summed E-state index contributed by atoms with van der Waals surface area (Å²) in [5, 5.41) is 10.9. The standard InChI is InChI=1S/C15H31NO3/c1-5-12-6-8-15(11-16,9-7-12)14(2,17)10-13(18-3)19-4/h12-13,17H,5-11,16H2,1-4H3. The molecule has 1 aliphatic carbocycles. The average Bonchev–Trinajstić information content (AvgIpc) is 2.44. The smallest absolute Gasteiger partial charge is 0.159 e. The van der Waals surface area contributed by atoms with Crippen LogP contribution in [0.25, 0.3) is 0 Å². The molecule has 0 aromatic carbocycles. The van der Waals surface area contributed by atoms with Crippen LogP contribution in [-0.4, -0.2) is 37.8 Å². The van der Waals surface area contributed by atoms with Crippen molar-refractivity contribution in [3.05, 3.63) is 0 Å². The molecule has 3 N–H and O–H groups in total. The normalized spacial score (nSPS) is 31.4. The van der Waals surface area contributed by atoms with Gasteiger partial charge in [0.15, 0.2) is 6.29 Å². The monoisotopic (exact) mass is 273 g/mol. The zero-order chi connectivity index (χ0) is 14.5. The number of hydrogen-bond donors (Lipinski definition) is 2. The molecule has 4 heteroatoms. The quantitative estimate of drug-likeness (QED) is 0.699. The first kappa shape index (κ1) is 16.9. The Morgan fingerprint density at radius 3 is 2.21 bits per heavy atom. The Kier molecular flexibility index (Phi) is 6.24. The van der Waals surface area contributed by atoms with Gasteiger partial charge in [0, 0.05) is 32.6 Å². The highest BCUT2D eigenvalue weighted by Gasteiger charge is 2.48. The Morgan fingerprint density at radius 1 is 1.32 bits per heavy atom. The summed E-state index contributed by atoms with van der Waals surface area (Å²) in [7, 11) is 3.21. The van der Waals surface area contributed by atoms with Crippen molar-refractivity contribution >= 4 is 0 Å². The molecule has 0 heterocycles. The van der Waals surface area contributed by atoms with Gasteiger partial charge in [-0.1, -0.05) is 13.3 Å². The van der Waals surface area contributed by atoms with Crippen molar-refractivity contribution in [1.82, 2.24) is 0 Å². The van der Waals surface area contributed by atoms with Crippen LogP contribution < -0.4 is 5.73 Å². The van der Waals surface area contributed by atoms with E-state index >= 15 is 0 Å². The minimum absolute atomic E-state index is 0.200. The molecular weight excluding hydrogens is 242 g/mol. The number of nitrogens with two attached hydrogens (primary N) is 1. The van der Waals surface area contributed by atoms with Crippen LogP contribution in [0.3, 0.4) is 0 Å². The molecule has 1 rings (SSSR count). The zero-order valence-electron chi connectivity index (χ0n) is 12.9. The minimum atomic E-state index is -0.850. The third kappa shape index (κ3) is 3.69. The molecule has 1 unspecified atom stereocenters. The summed E-state index contributed by atoms with van der Waals surface area (Å²) in [5.41, 5.74) is 4.98. The molecule has 0 spiro atoms. The molecule has 1 fully saturated rings. The summed E-state index contributed by atoms with van der Waals surface area (Å²) >= 11 is 0. The first-order valence-electron chi connectivity index (χ1n) is 7.42. The van der Waals surface area contributed by atoms with E-state index in [1.54, 1.807) is 14.2 Å². The third-order valence-electron chi connectivity index (χ3n) is 5.26. The molecule has 1 atom stereocenters. The van der Waals surface area contributed by atoms with Gasteiger partial charge < -0.3 is 20.3 Å². The molecule has 4 nitrogen and oxygen atoms in total. The van der Waals surface area contributed by atoms with Gasteiger partial charge in [-0.05, 0) is 38.5 Å². The SMILES string of the molecule is CCC1CCC(CN)(C(C)(O)CC(OC)OC)CC1. The number of aliphatic hydroxyl groups is 1. The summed E-state index contributed by atoms with van der Waals surface area (Å²) in [6, 6.07) is 0. The number of hydrogen-bond acceptors (Lipinski definition) is 4. The van der Waals surface area contributed by atoms with Crippen LogP contribution in [0, 0.1) is 11.3 Å². The molecule has 19 heavy (non-hydrogen) atoms. The van der Waals surface area contributed by atoms with Gasteiger partial charge in [0.05, 0.1) is 5.60 Å². The van der Waals surface area contributed by atoms with Crippen LogP contribution in [0.2, 0.25) is 0 Å². The van der Waals surface area contributed by atoms with Crippen molar-refractivity contribution in [2.75, 3.05) is 20.8 Å². The van der Waals surface area contributed by atoms with E-state index in [9.17, 15) is 5.11 Å². The second kappa shape index (κ2) is 7.02. The highest BCUT2D eigenvalue weighted by Crippen LogP contribution is 2.48. The maximum absolute atomic E-state index is 10.9. The molecule has 0 aromatic heterocycles. The molecule has 0 saturated heterocycles. The van der Waals surface area contributed by atoms with Crippen molar-refractivity contribution in [3.8, 4) is 0 Å². The first-order valence-corrected chi connectivity index (χ1v) is 7.42. The van der Waals surface area contributed by atoms with Crippen LogP contribution in [-0.2, 0) is 9.47 Å². The van der Waals surface area contributed by atoms with Crippen LogP contribution in [0.15, 0.2) is 0 Å². The fraction of sp³-hybridized carbons (Fsp3) is 1.00. The van der Waals surface area contributed by atoms with Crippen molar-refractivity contribution in [2.45, 2.75) is 64.3 Å². The Morgan fingerprint density at radius 2 is 1.84 bits per heavy atom. The molecule has 1 saturated carbocycles. The van der Waals surface area contributed by atoms with Gasteiger partial charge in [-0.15, -0.1) is 0 Å². The van der Waals surface area contributed by atoms with Gasteiger partial charge in [0.1, 0.15) is 0 Å². The second-order valence-corrected chi connectivity index (χ2v) is 6.22. The van der Waals surface area contributed by atoms with Gasteiger partial charge in [-0.3, -0.25) is 0 Å². The van der Waals surface area contributed by atoms with Gasteiger partial charge in [-0.2, -0.15) is 0 Å². The Labute approximate surface area is 117 Å². The largest absolute Gasteiger partial charge is 0.389 e. The molecule has 1 aliphatic rings. The maximum Gasteiger partial charge on any atom is 0.159 e. The van der Waals surface area contributed by atoms with E-state index in [0.717, 1.165) is 31.6 Å². The zero-order valence-corrected chi connectivity index (χ0v) is 12.9. The fourth-order valence-corrected chi connectivity index (χ4v) is 3.40. The third-order valence-corrected chi connectivity index (χ3v) is 5.26. The van der Waals surface area contributed by atoms with Crippen molar-refractivity contribution < 1.29 is 14.6 Å². The number of methoxy groups -OCH3 is 2. The molecule has 0 bridgehead atoms. The minimum Gasteiger partial charge on any atom is -0.389 e. The van der Waals surface area contributed by atoms with E-state index in [0.29, 0.717) is 13.0 Å². The van der Waals surface area contributed by atoms with Gasteiger partial charge in [-0.25, -0.2) is 0 Å². The van der Waals surface area contributed by atoms with Gasteiger partial charge in [0.25, 0.3) is 0 Å². The Hall–Kier alpha value is -0.160. The lowest BCUT2D eigenvalue weighted by atomic mass is 9.60. The molecule has 0 aromatic rings. The lowest BCUT2D eigenvalue weighted by molar-refractivity contribution is -0.177. The summed E-state index contributed by atoms with van der Waals surface area (Å²) in [6.07, 6.45) is 5.63. The molecule has 114 valence electrons. The summed E-state index contributed by atoms with van der Waals surface area (Å²) in [5.74, 6) is 0.788. The summed E-state index contributed by atoms with van der Waals surface area (Å²) < 4.78 is 10.5. The predicted octanol–water partition coefficient (Wildman–Crippen LogP) is 2.29. The number of ether oxygens (including phenoxy) is 2. The maximum atomic E-state index is 10.9. The average molecular weight is 273 g/mol. The predicted molar refractivity (Wildman–Crippen MR) is 76.8 cm³/mol.